The van der Waals surface area contributed by atoms with Gasteiger partial charge in [-0.15, -0.1) is 0 Å². The molecule has 0 aromatic heterocycles. The summed E-state index contributed by atoms with van der Waals surface area (Å²) in [5, 5.41) is 10.3. The first kappa shape index (κ1) is 14.5. The van der Waals surface area contributed by atoms with Crippen molar-refractivity contribution >= 4 is 0 Å². The number of aryl methyl sites for hydroxylation is 1. The van der Waals surface area contributed by atoms with E-state index in [0.29, 0.717) is 6.04 Å². The molecule has 0 aliphatic carbocycles. The number of piperidine rings is 1. The minimum atomic E-state index is -0.329. The summed E-state index contributed by atoms with van der Waals surface area (Å²) in [6, 6.07) is 8.90. The van der Waals surface area contributed by atoms with E-state index in [1.165, 1.54) is 24.9 Å². The summed E-state index contributed by atoms with van der Waals surface area (Å²) < 4.78 is 0. The van der Waals surface area contributed by atoms with Crippen LogP contribution in [0.3, 0.4) is 0 Å². The predicted molar refractivity (Wildman–Crippen MR) is 80.2 cm³/mol. The third-order valence-electron chi connectivity index (χ3n) is 4.40. The number of likely N-dealkylation sites (tertiary alicyclic amines) is 1. The quantitative estimate of drug-likeness (QED) is 0.896. The van der Waals surface area contributed by atoms with Gasteiger partial charge in [-0.25, -0.2) is 0 Å². The number of nitrogens with zero attached hydrogens (tertiary/aromatic N) is 1. The van der Waals surface area contributed by atoms with Crippen molar-refractivity contribution in [2.75, 3.05) is 13.1 Å². The van der Waals surface area contributed by atoms with Crippen molar-refractivity contribution in [2.24, 2.45) is 5.92 Å². The minimum Gasteiger partial charge on any atom is -0.388 e. The number of hydrogen-bond acceptors (Lipinski definition) is 2. The Labute approximate surface area is 117 Å². The van der Waals surface area contributed by atoms with Crippen molar-refractivity contribution in [3.63, 3.8) is 0 Å². The van der Waals surface area contributed by atoms with Gasteiger partial charge in [0, 0.05) is 19.1 Å². The largest absolute Gasteiger partial charge is 0.388 e. The highest BCUT2D eigenvalue weighted by Gasteiger charge is 2.23. The molecule has 2 rings (SSSR count). The van der Waals surface area contributed by atoms with Gasteiger partial charge in [0.25, 0.3) is 0 Å². The molecular weight excluding hydrogens is 234 g/mol. The summed E-state index contributed by atoms with van der Waals surface area (Å²) in [7, 11) is 0. The van der Waals surface area contributed by atoms with Crippen molar-refractivity contribution in [3.8, 4) is 0 Å². The molecule has 3 atom stereocenters. The van der Waals surface area contributed by atoms with E-state index in [2.05, 4.69) is 37.8 Å². The lowest BCUT2D eigenvalue weighted by Crippen LogP contribution is -2.41. The van der Waals surface area contributed by atoms with E-state index >= 15 is 0 Å². The van der Waals surface area contributed by atoms with Crippen LogP contribution in [-0.4, -0.2) is 29.1 Å². The second-order valence-corrected chi connectivity index (χ2v) is 6.24. The van der Waals surface area contributed by atoms with E-state index in [1.807, 2.05) is 12.1 Å². The Hall–Kier alpha value is -0.860. The van der Waals surface area contributed by atoms with Crippen LogP contribution in [0.4, 0.5) is 0 Å². The molecule has 0 saturated carbocycles. The molecule has 1 aliphatic heterocycles. The van der Waals surface area contributed by atoms with Gasteiger partial charge in [-0.3, -0.25) is 0 Å². The van der Waals surface area contributed by atoms with Crippen molar-refractivity contribution in [1.29, 1.82) is 0 Å². The molecule has 1 heterocycles. The van der Waals surface area contributed by atoms with Gasteiger partial charge < -0.3 is 10.0 Å². The zero-order valence-corrected chi connectivity index (χ0v) is 12.5. The van der Waals surface area contributed by atoms with Gasteiger partial charge in [-0.1, -0.05) is 36.8 Å². The smallest absolute Gasteiger partial charge is 0.0802 e. The average molecular weight is 261 g/mol. The molecular formula is C17H27NO. The van der Waals surface area contributed by atoms with Gasteiger partial charge in [-0.2, -0.15) is 0 Å². The highest BCUT2D eigenvalue weighted by atomic mass is 16.3. The Kier molecular flexibility index (Phi) is 5.00. The first-order chi connectivity index (χ1) is 9.06. The summed E-state index contributed by atoms with van der Waals surface area (Å²) in [5.41, 5.74) is 2.29. The maximum Gasteiger partial charge on any atom is 0.0802 e. The van der Waals surface area contributed by atoms with Gasteiger partial charge in [0.05, 0.1) is 6.10 Å². The van der Waals surface area contributed by atoms with Crippen LogP contribution in [0.25, 0.3) is 0 Å². The molecule has 2 heteroatoms. The Balaban J connectivity index is 1.85. The van der Waals surface area contributed by atoms with E-state index < -0.39 is 0 Å². The van der Waals surface area contributed by atoms with E-state index in [-0.39, 0.29) is 6.10 Å². The molecule has 1 aromatic rings. The minimum absolute atomic E-state index is 0.329. The van der Waals surface area contributed by atoms with E-state index in [4.69, 9.17) is 0 Å². The van der Waals surface area contributed by atoms with Crippen LogP contribution in [0.15, 0.2) is 24.3 Å². The van der Waals surface area contributed by atoms with Crippen molar-refractivity contribution < 1.29 is 5.11 Å². The number of hydrogen-bond donors (Lipinski definition) is 1. The molecule has 1 aromatic carbocycles. The second kappa shape index (κ2) is 6.53. The number of benzene rings is 1. The summed E-state index contributed by atoms with van der Waals surface area (Å²) in [6.45, 7) is 8.90. The van der Waals surface area contributed by atoms with Crippen LogP contribution < -0.4 is 0 Å². The molecule has 1 aliphatic rings. The first-order valence-corrected chi connectivity index (χ1v) is 7.55. The molecule has 1 saturated heterocycles. The van der Waals surface area contributed by atoms with Crippen molar-refractivity contribution in [3.05, 3.63) is 35.4 Å². The van der Waals surface area contributed by atoms with E-state index in [0.717, 1.165) is 24.4 Å². The predicted octanol–water partition coefficient (Wildman–Crippen LogP) is 3.54. The van der Waals surface area contributed by atoms with E-state index in [1.54, 1.807) is 0 Å². The summed E-state index contributed by atoms with van der Waals surface area (Å²) in [5.74, 6) is 0.799. The zero-order chi connectivity index (χ0) is 13.8. The number of rotatable bonds is 4. The van der Waals surface area contributed by atoms with Gasteiger partial charge >= 0.3 is 0 Å². The van der Waals surface area contributed by atoms with Gasteiger partial charge in [-0.05, 0) is 44.6 Å². The molecule has 0 spiro atoms. The maximum absolute atomic E-state index is 10.3. The number of aliphatic hydroxyl groups excluding tert-OH is 1. The molecule has 0 amide bonds. The SMILES string of the molecule is Cc1ccc(C(O)CCN2CC(C)CCC2C)cc1. The van der Waals surface area contributed by atoms with Crippen LogP contribution in [0.1, 0.15) is 50.3 Å². The summed E-state index contributed by atoms with van der Waals surface area (Å²) >= 11 is 0. The molecule has 0 bridgehead atoms. The molecule has 19 heavy (non-hydrogen) atoms. The van der Waals surface area contributed by atoms with Crippen LogP contribution in [0.2, 0.25) is 0 Å². The van der Waals surface area contributed by atoms with Crippen molar-refractivity contribution in [2.45, 2.75) is 52.2 Å². The van der Waals surface area contributed by atoms with Crippen LogP contribution in [0.5, 0.6) is 0 Å². The van der Waals surface area contributed by atoms with Crippen LogP contribution in [-0.2, 0) is 0 Å². The Morgan fingerprint density at radius 3 is 2.58 bits per heavy atom. The standard InChI is InChI=1S/C17H27NO/c1-13-5-8-16(9-6-13)17(19)10-11-18-12-14(2)4-7-15(18)3/h5-6,8-9,14-15,17,19H,4,7,10-12H2,1-3H3. The lowest BCUT2D eigenvalue weighted by Gasteiger charge is -2.37. The lowest BCUT2D eigenvalue weighted by molar-refractivity contribution is 0.0907. The average Bonchev–Trinajstić information content (AvgIpc) is 2.40. The molecule has 0 radical (unpaired) electrons. The topological polar surface area (TPSA) is 23.5 Å². The number of aliphatic hydroxyl groups is 1. The van der Waals surface area contributed by atoms with Crippen molar-refractivity contribution in [1.82, 2.24) is 4.90 Å². The summed E-state index contributed by atoms with van der Waals surface area (Å²) in [6.07, 6.45) is 3.14. The maximum atomic E-state index is 10.3. The van der Waals surface area contributed by atoms with Crippen LogP contribution in [0, 0.1) is 12.8 Å². The Morgan fingerprint density at radius 1 is 1.21 bits per heavy atom. The zero-order valence-electron chi connectivity index (χ0n) is 12.5. The van der Waals surface area contributed by atoms with Gasteiger partial charge in [0.15, 0.2) is 0 Å². The fraction of sp³-hybridized carbons (Fsp3) is 0.647. The third-order valence-corrected chi connectivity index (χ3v) is 4.40. The molecule has 1 N–H and O–H groups in total. The fourth-order valence-electron chi connectivity index (χ4n) is 2.93. The molecule has 2 nitrogen and oxygen atoms in total. The highest BCUT2D eigenvalue weighted by molar-refractivity contribution is 5.23. The molecule has 106 valence electrons. The molecule has 3 unspecified atom stereocenters. The lowest BCUT2D eigenvalue weighted by atomic mass is 9.94. The Bertz CT molecular complexity index is 387. The normalized spacial score (nSPS) is 26.3. The van der Waals surface area contributed by atoms with Gasteiger partial charge in [0.1, 0.15) is 0 Å². The first-order valence-electron chi connectivity index (χ1n) is 7.55. The summed E-state index contributed by atoms with van der Waals surface area (Å²) in [4.78, 5) is 2.53. The Morgan fingerprint density at radius 2 is 1.89 bits per heavy atom. The third kappa shape index (κ3) is 4.05. The monoisotopic (exact) mass is 261 g/mol. The van der Waals surface area contributed by atoms with Crippen LogP contribution >= 0.6 is 0 Å². The fourth-order valence-corrected chi connectivity index (χ4v) is 2.93. The molecule has 1 fully saturated rings. The van der Waals surface area contributed by atoms with E-state index in [9.17, 15) is 5.11 Å². The second-order valence-electron chi connectivity index (χ2n) is 6.24. The van der Waals surface area contributed by atoms with Gasteiger partial charge in [0.2, 0.25) is 0 Å². The highest BCUT2D eigenvalue weighted by Crippen LogP contribution is 2.24.